The van der Waals surface area contributed by atoms with E-state index in [4.69, 9.17) is 9.47 Å². The van der Waals surface area contributed by atoms with Crippen molar-refractivity contribution in [3.05, 3.63) is 65.5 Å². The molecule has 2 aromatic carbocycles. The van der Waals surface area contributed by atoms with Gasteiger partial charge in [-0.05, 0) is 35.4 Å². The molecule has 1 heterocycles. The van der Waals surface area contributed by atoms with Crippen LogP contribution >= 0.6 is 0 Å². The Hall–Kier alpha value is -2.44. The molecule has 2 aromatic rings. The lowest BCUT2D eigenvalue weighted by Gasteiger charge is -2.35. The number of hydrogen-bond donors (Lipinski definition) is 1. The average molecular weight is 372 g/mol. The molecule has 5 nitrogen and oxygen atoms in total. The van der Waals surface area contributed by atoms with Gasteiger partial charge in [0.2, 0.25) is 5.91 Å². The van der Waals surface area contributed by atoms with Gasteiger partial charge in [0.05, 0.1) is 32.8 Å². The molecule has 0 radical (unpaired) electrons. The van der Waals surface area contributed by atoms with Crippen LogP contribution in [0.2, 0.25) is 0 Å². The number of carbonyl (C=O) groups excluding carboxylic acids is 1. The summed E-state index contributed by atoms with van der Waals surface area (Å²) in [6.07, 6.45) is 0.235. The van der Waals surface area contributed by atoms with Crippen molar-refractivity contribution in [3.63, 3.8) is 0 Å². The summed E-state index contributed by atoms with van der Waals surface area (Å²) in [5.74, 6) is 0.430. The Morgan fingerprint density at radius 3 is 2.44 bits per heavy atom. The first-order valence-electron chi connectivity index (χ1n) is 9.12. The molecule has 0 spiro atoms. The summed E-state index contributed by atoms with van der Waals surface area (Å²) in [7, 11) is 1.64. The Morgan fingerprint density at radius 1 is 1.15 bits per heavy atom. The molecule has 1 saturated heterocycles. The van der Waals surface area contributed by atoms with Gasteiger partial charge in [0.1, 0.15) is 11.6 Å². The number of nitrogens with one attached hydrogen (secondary N) is 1. The minimum atomic E-state index is -0.300. The molecule has 27 heavy (non-hydrogen) atoms. The number of hydrogen-bond acceptors (Lipinski definition) is 4. The molecule has 0 aliphatic carbocycles. The van der Waals surface area contributed by atoms with Crippen molar-refractivity contribution in [3.8, 4) is 5.75 Å². The van der Waals surface area contributed by atoms with Crippen molar-refractivity contribution >= 4 is 5.91 Å². The summed E-state index contributed by atoms with van der Waals surface area (Å²) in [5, 5.41) is 3.02. The third kappa shape index (κ3) is 5.52. The topological polar surface area (TPSA) is 50.8 Å². The Morgan fingerprint density at radius 2 is 1.81 bits per heavy atom. The summed E-state index contributed by atoms with van der Waals surface area (Å²) in [4.78, 5) is 14.7. The molecule has 1 N–H and O–H groups in total. The first-order valence-corrected chi connectivity index (χ1v) is 9.12. The Kier molecular flexibility index (Phi) is 6.79. The molecule has 0 bridgehead atoms. The molecule has 1 atom stereocenters. The first kappa shape index (κ1) is 19.3. The summed E-state index contributed by atoms with van der Waals surface area (Å²) >= 11 is 0. The molecule has 1 amide bonds. The number of methoxy groups -OCH3 is 1. The number of morpholine rings is 1. The van der Waals surface area contributed by atoms with Gasteiger partial charge in [0, 0.05) is 19.6 Å². The van der Waals surface area contributed by atoms with Crippen molar-refractivity contribution in [1.82, 2.24) is 10.2 Å². The fourth-order valence-electron chi connectivity index (χ4n) is 3.23. The SMILES string of the molecule is COc1ccc([C@H](CNC(=O)Cc2ccc(F)cc2)N2CCOCC2)cc1. The lowest BCUT2D eigenvalue weighted by molar-refractivity contribution is -0.120. The van der Waals surface area contributed by atoms with E-state index >= 15 is 0 Å². The van der Waals surface area contributed by atoms with Crippen LogP contribution in [0.3, 0.4) is 0 Å². The van der Waals surface area contributed by atoms with Crippen molar-refractivity contribution in [1.29, 1.82) is 0 Å². The van der Waals surface area contributed by atoms with Gasteiger partial charge in [-0.15, -0.1) is 0 Å². The second-order valence-electron chi connectivity index (χ2n) is 6.54. The Labute approximate surface area is 159 Å². The second kappa shape index (κ2) is 9.48. The van der Waals surface area contributed by atoms with E-state index in [1.165, 1.54) is 12.1 Å². The number of nitrogens with zero attached hydrogens (tertiary/aromatic N) is 1. The smallest absolute Gasteiger partial charge is 0.224 e. The predicted octanol–water partition coefficient (Wildman–Crippen LogP) is 2.57. The van der Waals surface area contributed by atoms with E-state index in [1.54, 1.807) is 19.2 Å². The summed E-state index contributed by atoms with van der Waals surface area (Å²) in [5.41, 5.74) is 1.92. The average Bonchev–Trinajstić information content (AvgIpc) is 2.71. The quantitative estimate of drug-likeness (QED) is 0.812. The highest BCUT2D eigenvalue weighted by molar-refractivity contribution is 5.78. The standard InChI is InChI=1S/C21H25FN2O3/c1-26-19-8-4-17(5-9-19)20(24-10-12-27-13-11-24)15-23-21(25)14-16-2-6-18(22)7-3-16/h2-9,20H,10-15H2,1H3,(H,23,25)/t20-/m0/s1. The number of halogens is 1. The molecular formula is C21H25FN2O3. The molecule has 0 saturated carbocycles. The van der Waals surface area contributed by atoms with Crippen molar-refractivity contribution < 1.29 is 18.7 Å². The first-order chi connectivity index (χ1) is 13.2. The molecule has 0 unspecified atom stereocenters. The minimum Gasteiger partial charge on any atom is -0.497 e. The largest absolute Gasteiger partial charge is 0.497 e. The molecule has 144 valence electrons. The number of amides is 1. The monoisotopic (exact) mass is 372 g/mol. The highest BCUT2D eigenvalue weighted by Gasteiger charge is 2.23. The van der Waals surface area contributed by atoms with Crippen LogP contribution in [-0.2, 0) is 16.0 Å². The van der Waals surface area contributed by atoms with E-state index in [-0.39, 0.29) is 24.2 Å². The van der Waals surface area contributed by atoms with Crippen LogP contribution in [0, 0.1) is 5.82 Å². The highest BCUT2D eigenvalue weighted by atomic mass is 19.1. The van der Waals surface area contributed by atoms with Crippen LogP contribution in [-0.4, -0.2) is 50.8 Å². The minimum absolute atomic E-state index is 0.0666. The zero-order valence-corrected chi connectivity index (χ0v) is 15.5. The molecule has 1 aliphatic heterocycles. The summed E-state index contributed by atoms with van der Waals surface area (Å²) < 4.78 is 23.7. The lowest BCUT2D eigenvalue weighted by Crippen LogP contribution is -2.44. The Bertz CT molecular complexity index is 728. The van der Waals surface area contributed by atoms with Crippen molar-refractivity contribution in [2.75, 3.05) is 40.0 Å². The van der Waals surface area contributed by atoms with Crippen molar-refractivity contribution in [2.24, 2.45) is 0 Å². The molecule has 3 rings (SSSR count). The third-order valence-electron chi connectivity index (χ3n) is 4.76. The molecule has 1 fully saturated rings. The van der Waals surface area contributed by atoms with E-state index in [9.17, 15) is 9.18 Å². The van der Waals surface area contributed by atoms with Gasteiger partial charge in [-0.2, -0.15) is 0 Å². The normalized spacial score (nSPS) is 15.9. The molecular weight excluding hydrogens is 347 g/mol. The van der Waals surface area contributed by atoms with Gasteiger partial charge in [0.25, 0.3) is 0 Å². The van der Waals surface area contributed by atoms with E-state index < -0.39 is 0 Å². The van der Waals surface area contributed by atoms with Gasteiger partial charge >= 0.3 is 0 Å². The van der Waals surface area contributed by atoms with Gasteiger partial charge in [-0.1, -0.05) is 24.3 Å². The number of benzene rings is 2. The van der Waals surface area contributed by atoms with Gasteiger partial charge in [0.15, 0.2) is 0 Å². The molecule has 1 aliphatic rings. The zero-order valence-electron chi connectivity index (χ0n) is 15.5. The molecule has 0 aromatic heterocycles. The number of carbonyl (C=O) groups is 1. The van der Waals surface area contributed by atoms with Gasteiger partial charge < -0.3 is 14.8 Å². The number of ether oxygens (including phenoxy) is 2. The fraction of sp³-hybridized carbons (Fsp3) is 0.381. The van der Waals surface area contributed by atoms with Crippen LogP contribution < -0.4 is 10.1 Å². The van der Waals surface area contributed by atoms with Gasteiger partial charge in [-0.25, -0.2) is 4.39 Å². The fourth-order valence-corrected chi connectivity index (χ4v) is 3.23. The zero-order chi connectivity index (χ0) is 19.1. The highest BCUT2D eigenvalue weighted by Crippen LogP contribution is 2.23. The van der Waals surface area contributed by atoms with Crippen LogP contribution in [0.5, 0.6) is 5.75 Å². The maximum absolute atomic E-state index is 13.0. The van der Waals surface area contributed by atoms with E-state index in [0.29, 0.717) is 19.8 Å². The third-order valence-corrected chi connectivity index (χ3v) is 4.76. The van der Waals surface area contributed by atoms with Crippen LogP contribution in [0.1, 0.15) is 17.2 Å². The number of rotatable bonds is 7. The maximum atomic E-state index is 13.0. The van der Waals surface area contributed by atoms with E-state index in [0.717, 1.165) is 30.0 Å². The van der Waals surface area contributed by atoms with Crippen LogP contribution in [0.25, 0.3) is 0 Å². The maximum Gasteiger partial charge on any atom is 0.224 e. The van der Waals surface area contributed by atoms with E-state index in [2.05, 4.69) is 10.2 Å². The molecule has 6 heteroatoms. The van der Waals surface area contributed by atoms with Gasteiger partial charge in [-0.3, -0.25) is 9.69 Å². The van der Waals surface area contributed by atoms with E-state index in [1.807, 2.05) is 24.3 Å². The van der Waals surface area contributed by atoms with Crippen molar-refractivity contribution in [2.45, 2.75) is 12.5 Å². The predicted molar refractivity (Wildman–Crippen MR) is 101 cm³/mol. The van der Waals surface area contributed by atoms with Crippen LogP contribution in [0.4, 0.5) is 4.39 Å². The lowest BCUT2D eigenvalue weighted by atomic mass is 10.0. The second-order valence-corrected chi connectivity index (χ2v) is 6.54. The Balaban J connectivity index is 1.64. The summed E-state index contributed by atoms with van der Waals surface area (Å²) in [6, 6.07) is 14.0. The van der Waals surface area contributed by atoms with Crippen LogP contribution in [0.15, 0.2) is 48.5 Å². The summed E-state index contributed by atoms with van der Waals surface area (Å²) in [6.45, 7) is 3.54.